The fourth-order valence-electron chi connectivity index (χ4n) is 3.87. The summed E-state index contributed by atoms with van der Waals surface area (Å²) in [5.41, 5.74) is 1.40. The van der Waals surface area contributed by atoms with Gasteiger partial charge in [-0.05, 0) is 45.4 Å². The quantitative estimate of drug-likeness (QED) is 0.363. The van der Waals surface area contributed by atoms with Crippen LogP contribution in [0.15, 0.2) is 35.6 Å². The zero-order valence-corrected chi connectivity index (χ0v) is 21.4. The molecule has 2 aromatic heterocycles. The standard InChI is InChI=1S/C24H23N3O6S2/c1-6-33-23(31)21-12(3)26-24(35-21)27-17(14-7-9-15(32-5)10-8-14)16(19(29)22(27)30)18(28)20-11(2)25-13(4)34-20/h7-10,17,29H,6H2,1-5H3. The number of ether oxygens (including phenoxy) is 2. The normalized spacial score (nSPS) is 15.6. The number of hydrogen-bond donors (Lipinski definition) is 1. The van der Waals surface area contributed by atoms with Gasteiger partial charge in [0.25, 0.3) is 5.91 Å². The fourth-order valence-corrected chi connectivity index (χ4v) is 5.73. The number of ketones is 1. The van der Waals surface area contributed by atoms with Crippen molar-refractivity contribution in [3.05, 3.63) is 67.3 Å². The molecule has 1 aliphatic heterocycles. The highest BCUT2D eigenvalue weighted by Crippen LogP contribution is 2.44. The van der Waals surface area contributed by atoms with Crippen LogP contribution in [0.2, 0.25) is 0 Å². The molecule has 35 heavy (non-hydrogen) atoms. The molecule has 1 unspecified atom stereocenters. The molecule has 11 heteroatoms. The van der Waals surface area contributed by atoms with Crippen LogP contribution in [0, 0.1) is 20.8 Å². The Morgan fingerprint density at radius 1 is 1.06 bits per heavy atom. The SMILES string of the molecule is CCOC(=O)c1sc(N2C(=O)C(O)=C(C(=O)c3sc(C)nc3C)C2c2ccc(OC)cc2)nc1C. The molecule has 4 rings (SSSR count). The van der Waals surface area contributed by atoms with Crippen LogP contribution in [0.1, 0.15) is 54.3 Å². The van der Waals surface area contributed by atoms with E-state index < -0.39 is 29.5 Å². The summed E-state index contributed by atoms with van der Waals surface area (Å²) >= 11 is 2.17. The number of amides is 1. The summed E-state index contributed by atoms with van der Waals surface area (Å²) in [5.74, 6) is -1.88. The van der Waals surface area contributed by atoms with E-state index in [1.54, 1.807) is 52.0 Å². The van der Waals surface area contributed by atoms with Gasteiger partial charge in [0.1, 0.15) is 10.6 Å². The number of anilines is 1. The highest BCUT2D eigenvalue weighted by Gasteiger charge is 2.46. The molecule has 3 heterocycles. The smallest absolute Gasteiger partial charge is 0.350 e. The fraction of sp³-hybridized carbons (Fsp3) is 0.292. The van der Waals surface area contributed by atoms with Crippen LogP contribution in [0.5, 0.6) is 5.75 Å². The second-order valence-electron chi connectivity index (χ2n) is 7.72. The zero-order valence-electron chi connectivity index (χ0n) is 19.7. The maximum absolute atomic E-state index is 13.6. The number of hydrogen-bond acceptors (Lipinski definition) is 10. The van der Waals surface area contributed by atoms with Crippen molar-refractivity contribution in [3.8, 4) is 5.75 Å². The van der Waals surface area contributed by atoms with Crippen molar-refractivity contribution in [2.24, 2.45) is 0 Å². The minimum absolute atomic E-state index is 0.0718. The van der Waals surface area contributed by atoms with E-state index in [9.17, 15) is 19.5 Å². The molecule has 1 atom stereocenters. The van der Waals surface area contributed by atoms with Crippen LogP contribution >= 0.6 is 22.7 Å². The molecule has 1 aliphatic rings. The van der Waals surface area contributed by atoms with E-state index in [0.29, 0.717) is 32.6 Å². The van der Waals surface area contributed by atoms with Gasteiger partial charge in [0.15, 0.2) is 10.9 Å². The average molecular weight is 514 g/mol. The number of thiazole rings is 2. The topological polar surface area (TPSA) is 119 Å². The van der Waals surface area contributed by atoms with E-state index in [1.165, 1.54) is 23.3 Å². The lowest BCUT2D eigenvalue weighted by molar-refractivity contribution is -0.117. The first kappa shape index (κ1) is 24.6. The Labute approximate surface area is 209 Å². The molecule has 1 amide bonds. The van der Waals surface area contributed by atoms with Gasteiger partial charge in [0, 0.05) is 0 Å². The summed E-state index contributed by atoms with van der Waals surface area (Å²) in [6.45, 7) is 7.02. The van der Waals surface area contributed by atoms with Crippen molar-refractivity contribution >= 4 is 45.5 Å². The first-order valence-electron chi connectivity index (χ1n) is 10.7. The Bertz CT molecular complexity index is 1360. The summed E-state index contributed by atoms with van der Waals surface area (Å²) in [7, 11) is 1.53. The third-order valence-electron chi connectivity index (χ3n) is 5.45. The zero-order chi connectivity index (χ0) is 25.4. The molecule has 0 fully saturated rings. The third-order valence-corrected chi connectivity index (χ3v) is 7.65. The summed E-state index contributed by atoms with van der Waals surface area (Å²) in [6.07, 6.45) is 0. The van der Waals surface area contributed by atoms with Crippen LogP contribution in [0.4, 0.5) is 5.13 Å². The number of carbonyl (C=O) groups excluding carboxylic acids is 3. The van der Waals surface area contributed by atoms with E-state index in [-0.39, 0.29) is 22.2 Å². The number of aliphatic hydroxyl groups excluding tert-OH is 1. The van der Waals surface area contributed by atoms with E-state index in [4.69, 9.17) is 9.47 Å². The molecule has 0 aliphatic carbocycles. The molecule has 1 aromatic carbocycles. The maximum atomic E-state index is 13.6. The van der Waals surface area contributed by atoms with Gasteiger partial charge in [-0.25, -0.2) is 14.8 Å². The molecular formula is C24H23N3O6S2. The van der Waals surface area contributed by atoms with Crippen LogP contribution in [-0.2, 0) is 9.53 Å². The predicted octanol–water partition coefficient (Wildman–Crippen LogP) is 4.49. The second-order valence-corrected chi connectivity index (χ2v) is 9.90. The largest absolute Gasteiger partial charge is 0.503 e. The molecule has 9 nitrogen and oxygen atoms in total. The molecule has 0 saturated carbocycles. The number of rotatable bonds is 7. The highest BCUT2D eigenvalue weighted by atomic mass is 32.1. The van der Waals surface area contributed by atoms with Gasteiger partial charge in [0.2, 0.25) is 5.78 Å². The number of aliphatic hydroxyl groups is 1. The van der Waals surface area contributed by atoms with Gasteiger partial charge < -0.3 is 14.6 Å². The van der Waals surface area contributed by atoms with Gasteiger partial charge in [-0.15, -0.1) is 11.3 Å². The van der Waals surface area contributed by atoms with Gasteiger partial charge >= 0.3 is 5.97 Å². The van der Waals surface area contributed by atoms with Gasteiger partial charge in [-0.2, -0.15) is 0 Å². The Hall–Kier alpha value is -3.57. The number of Topliss-reactive ketones (excluding diaryl/α,β-unsaturated/α-hetero) is 1. The summed E-state index contributed by atoms with van der Waals surface area (Å²) in [4.78, 5) is 49.9. The van der Waals surface area contributed by atoms with E-state index in [0.717, 1.165) is 11.3 Å². The first-order valence-corrected chi connectivity index (χ1v) is 12.3. The Morgan fingerprint density at radius 2 is 1.71 bits per heavy atom. The van der Waals surface area contributed by atoms with Crippen molar-refractivity contribution in [2.75, 3.05) is 18.6 Å². The summed E-state index contributed by atoms with van der Waals surface area (Å²) in [6, 6.07) is 5.87. The molecule has 1 N–H and O–H groups in total. The Kier molecular flexibility index (Phi) is 6.73. The number of methoxy groups -OCH3 is 1. The summed E-state index contributed by atoms with van der Waals surface area (Å²) in [5, 5.41) is 11.8. The number of aromatic nitrogens is 2. The number of esters is 1. The van der Waals surface area contributed by atoms with Crippen LogP contribution in [0.3, 0.4) is 0 Å². The van der Waals surface area contributed by atoms with Crippen molar-refractivity contribution < 1.29 is 29.0 Å². The second kappa shape index (κ2) is 9.59. The van der Waals surface area contributed by atoms with Crippen LogP contribution < -0.4 is 9.64 Å². The Morgan fingerprint density at radius 3 is 2.29 bits per heavy atom. The minimum Gasteiger partial charge on any atom is -0.503 e. The molecule has 0 saturated heterocycles. The predicted molar refractivity (Wildman–Crippen MR) is 132 cm³/mol. The molecular weight excluding hydrogens is 490 g/mol. The van der Waals surface area contributed by atoms with Gasteiger partial charge in [-0.3, -0.25) is 14.5 Å². The molecule has 0 radical (unpaired) electrons. The van der Waals surface area contributed by atoms with Crippen LogP contribution in [0.25, 0.3) is 0 Å². The van der Waals surface area contributed by atoms with Crippen LogP contribution in [-0.4, -0.2) is 46.5 Å². The highest BCUT2D eigenvalue weighted by molar-refractivity contribution is 7.17. The molecule has 0 spiro atoms. The Balaban J connectivity index is 1.86. The van der Waals surface area contributed by atoms with Crippen molar-refractivity contribution in [3.63, 3.8) is 0 Å². The number of nitrogens with zero attached hydrogens (tertiary/aromatic N) is 3. The number of aryl methyl sites for hydroxylation is 3. The molecule has 0 bridgehead atoms. The minimum atomic E-state index is -0.969. The summed E-state index contributed by atoms with van der Waals surface area (Å²) < 4.78 is 10.3. The number of carbonyl (C=O) groups is 3. The van der Waals surface area contributed by atoms with E-state index >= 15 is 0 Å². The average Bonchev–Trinajstić information content (AvgIpc) is 3.46. The van der Waals surface area contributed by atoms with Crippen molar-refractivity contribution in [1.29, 1.82) is 0 Å². The lowest BCUT2D eigenvalue weighted by Crippen LogP contribution is -2.31. The monoisotopic (exact) mass is 513 g/mol. The first-order chi connectivity index (χ1) is 16.7. The van der Waals surface area contributed by atoms with Gasteiger partial charge in [0.05, 0.1) is 46.6 Å². The lowest BCUT2D eigenvalue weighted by Gasteiger charge is -2.24. The third kappa shape index (κ3) is 4.32. The molecule has 182 valence electrons. The van der Waals surface area contributed by atoms with E-state index in [1.807, 2.05) is 0 Å². The van der Waals surface area contributed by atoms with Crippen molar-refractivity contribution in [1.82, 2.24) is 9.97 Å². The lowest BCUT2D eigenvalue weighted by atomic mass is 9.95. The van der Waals surface area contributed by atoms with E-state index in [2.05, 4.69) is 9.97 Å². The maximum Gasteiger partial charge on any atom is 0.350 e. The van der Waals surface area contributed by atoms with Gasteiger partial charge in [-0.1, -0.05) is 23.5 Å². The number of benzene rings is 1. The van der Waals surface area contributed by atoms with Crippen molar-refractivity contribution in [2.45, 2.75) is 33.7 Å². The molecule has 3 aromatic rings.